The van der Waals surface area contributed by atoms with Crippen molar-refractivity contribution in [2.24, 2.45) is 0 Å². The number of hydrogen-bond acceptors (Lipinski definition) is 7. The molecule has 8 nitrogen and oxygen atoms in total. The lowest BCUT2D eigenvalue weighted by molar-refractivity contribution is -0.384. The molecule has 3 atom stereocenters. The summed E-state index contributed by atoms with van der Waals surface area (Å²) >= 11 is 0. The van der Waals surface area contributed by atoms with Crippen molar-refractivity contribution in [3.8, 4) is 0 Å². The highest BCUT2D eigenvalue weighted by molar-refractivity contribution is 5.90. The smallest absolute Gasteiger partial charge is 0.343 e. The van der Waals surface area contributed by atoms with E-state index in [1.165, 1.54) is 30.3 Å². The number of esters is 1. The van der Waals surface area contributed by atoms with Gasteiger partial charge in [-0.25, -0.2) is 4.79 Å². The van der Waals surface area contributed by atoms with Crippen molar-refractivity contribution in [1.82, 2.24) is 0 Å². The van der Waals surface area contributed by atoms with Crippen LogP contribution in [0.2, 0.25) is 0 Å². The number of hydrogen-bond donors (Lipinski definition) is 1. The minimum Gasteiger partial charge on any atom is -0.425 e. The van der Waals surface area contributed by atoms with Gasteiger partial charge in [0.25, 0.3) is 5.69 Å². The van der Waals surface area contributed by atoms with Gasteiger partial charge in [0.2, 0.25) is 0 Å². The van der Waals surface area contributed by atoms with Crippen LogP contribution < -0.4 is 0 Å². The lowest BCUT2D eigenvalue weighted by atomic mass is 10.2. The molecule has 0 aromatic heterocycles. The molecular formula is C13H11NO7. The van der Waals surface area contributed by atoms with E-state index in [1.54, 1.807) is 0 Å². The molecule has 0 amide bonds. The molecule has 1 saturated heterocycles. The molecule has 1 N–H and O–H groups in total. The van der Waals surface area contributed by atoms with E-state index in [4.69, 9.17) is 14.2 Å². The summed E-state index contributed by atoms with van der Waals surface area (Å²) in [4.78, 5) is 21.9. The van der Waals surface area contributed by atoms with Crippen molar-refractivity contribution in [3.05, 3.63) is 51.8 Å². The third-order valence-electron chi connectivity index (χ3n) is 3.16. The fourth-order valence-electron chi connectivity index (χ4n) is 2.09. The van der Waals surface area contributed by atoms with Crippen LogP contribution in [-0.2, 0) is 14.2 Å². The van der Waals surface area contributed by atoms with E-state index in [2.05, 4.69) is 0 Å². The third-order valence-corrected chi connectivity index (χ3v) is 3.16. The number of nitro benzene ring substituents is 1. The van der Waals surface area contributed by atoms with Crippen LogP contribution in [0.5, 0.6) is 0 Å². The number of non-ortho nitro benzene ring substituents is 1. The van der Waals surface area contributed by atoms with Crippen LogP contribution in [0.3, 0.4) is 0 Å². The maximum absolute atomic E-state index is 11.9. The Balaban J connectivity index is 1.73. The van der Waals surface area contributed by atoms with Crippen molar-refractivity contribution >= 4 is 11.7 Å². The number of aliphatic hydroxyl groups excluding tert-OH is 1. The van der Waals surface area contributed by atoms with Gasteiger partial charge in [-0.05, 0) is 18.2 Å². The Morgan fingerprint density at radius 2 is 2.10 bits per heavy atom. The van der Waals surface area contributed by atoms with Gasteiger partial charge in [0.15, 0.2) is 12.4 Å². The topological polar surface area (TPSA) is 108 Å². The first kappa shape index (κ1) is 13.7. The molecule has 1 aromatic carbocycles. The van der Waals surface area contributed by atoms with E-state index >= 15 is 0 Å². The van der Waals surface area contributed by atoms with Crippen molar-refractivity contribution < 1.29 is 29.0 Å². The highest BCUT2D eigenvalue weighted by Crippen LogP contribution is 2.28. The average molecular weight is 293 g/mol. The molecule has 2 heterocycles. The lowest BCUT2D eigenvalue weighted by Crippen LogP contribution is -2.34. The molecule has 3 rings (SSSR count). The van der Waals surface area contributed by atoms with Gasteiger partial charge >= 0.3 is 5.97 Å². The second-order valence-electron chi connectivity index (χ2n) is 4.58. The summed E-state index contributed by atoms with van der Waals surface area (Å²) in [5.74, 6) is -0.645. The first-order valence-electron chi connectivity index (χ1n) is 6.18. The summed E-state index contributed by atoms with van der Waals surface area (Å²) in [7, 11) is 0. The fraction of sp³-hybridized carbons (Fsp3) is 0.308. The maximum Gasteiger partial charge on any atom is 0.343 e. The maximum atomic E-state index is 11.9. The molecule has 1 fully saturated rings. The first-order valence-corrected chi connectivity index (χ1v) is 6.18. The molecule has 1 aromatic rings. The normalized spacial score (nSPS) is 27.1. The van der Waals surface area contributed by atoms with E-state index in [9.17, 15) is 20.0 Å². The molecule has 0 radical (unpaired) electrons. The molecular weight excluding hydrogens is 282 g/mol. The van der Waals surface area contributed by atoms with Crippen molar-refractivity contribution in [1.29, 1.82) is 0 Å². The Hall–Kier alpha value is -2.29. The number of benzene rings is 1. The highest BCUT2D eigenvalue weighted by Gasteiger charge is 2.39. The third kappa shape index (κ3) is 2.64. The van der Waals surface area contributed by atoms with Crippen LogP contribution in [0.25, 0.3) is 0 Å². The molecule has 0 saturated carbocycles. The zero-order valence-electron chi connectivity index (χ0n) is 10.7. The Morgan fingerprint density at radius 3 is 2.76 bits per heavy atom. The van der Waals surface area contributed by atoms with E-state index in [1.807, 2.05) is 0 Å². The van der Waals surface area contributed by atoms with Gasteiger partial charge < -0.3 is 19.3 Å². The number of fused-ring (bicyclic) bond motifs is 2. The molecule has 0 spiro atoms. The monoisotopic (exact) mass is 293 g/mol. The molecule has 2 aliphatic rings. The van der Waals surface area contributed by atoms with Crippen LogP contribution in [0, 0.1) is 10.1 Å². The van der Waals surface area contributed by atoms with Crippen molar-refractivity contribution in [3.63, 3.8) is 0 Å². The number of nitrogens with zero attached hydrogens (tertiary/aromatic N) is 1. The molecule has 21 heavy (non-hydrogen) atoms. The molecule has 110 valence electrons. The first-order chi connectivity index (χ1) is 10.0. The minimum atomic E-state index is -1.18. The molecule has 0 aliphatic carbocycles. The van der Waals surface area contributed by atoms with E-state index in [0.29, 0.717) is 6.61 Å². The van der Waals surface area contributed by atoms with Gasteiger partial charge in [0.05, 0.1) is 17.1 Å². The molecule has 2 aliphatic heterocycles. The second kappa shape index (κ2) is 5.24. The number of aliphatic hydroxyl groups is 1. The molecule has 2 bridgehead atoms. The lowest BCUT2D eigenvalue weighted by Gasteiger charge is -2.23. The SMILES string of the molecule is O=C(OC1=C[C@H]2CO[C@H](O2)[C@@H]1O)c1ccc([N+](=O)[O-])cc1. The summed E-state index contributed by atoms with van der Waals surface area (Å²) in [5, 5.41) is 20.4. The Morgan fingerprint density at radius 1 is 1.38 bits per heavy atom. The largest absolute Gasteiger partial charge is 0.425 e. The Bertz CT molecular complexity index is 609. The summed E-state index contributed by atoms with van der Waals surface area (Å²) in [6.45, 7) is 0.292. The van der Waals surface area contributed by atoms with E-state index in [-0.39, 0.29) is 23.1 Å². The van der Waals surface area contributed by atoms with Crippen LogP contribution >= 0.6 is 0 Å². The summed E-state index contributed by atoms with van der Waals surface area (Å²) in [6, 6.07) is 4.99. The molecule has 0 unspecified atom stereocenters. The van der Waals surface area contributed by atoms with Crippen molar-refractivity contribution in [2.45, 2.75) is 18.5 Å². The summed E-state index contributed by atoms with van der Waals surface area (Å²) in [6.07, 6.45) is -0.874. The van der Waals surface area contributed by atoms with E-state index in [0.717, 1.165) is 0 Å². The number of carbonyl (C=O) groups is 1. The Kier molecular flexibility index (Phi) is 3.42. The predicted octanol–water partition coefficient (Wildman–Crippen LogP) is 0.751. The van der Waals surface area contributed by atoms with Gasteiger partial charge in [0.1, 0.15) is 11.9 Å². The van der Waals surface area contributed by atoms with Gasteiger partial charge in [-0.3, -0.25) is 10.1 Å². The zero-order valence-corrected chi connectivity index (χ0v) is 10.7. The quantitative estimate of drug-likeness (QED) is 0.497. The van der Waals surface area contributed by atoms with Gasteiger partial charge in [-0.2, -0.15) is 0 Å². The summed E-state index contributed by atoms with van der Waals surface area (Å²) < 4.78 is 15.5. The molecule has 8 heteroatoms. The van der Waals surface area contributed by atoms with Gasteiger partial charge in [0, 0.05) is 12.1 Å². The summed E-state index contributed by atoms with van der Waals surface area (Å²) in [5.41, 5.74) is 0.0248. The van der Waals surface area contributed by atoms with Crippen LogP contribution in [-0.4, -0.2) is 41.1 Å². The van der Waals surface area contributed by atoms with Crippen LogP contribution in [0.15, 0.2) is 36.1 Å². The van der Waals surface area contributed by atoms with Gasteiger partial charge in [-0.1, -0.05) is 0 Å². The number of rotatable bonds is 3. The van der Waals surface area contributed by atoms with Crippen LogP contribution in [0.4, 0.5) is 5.69 Å². The fourth-order valence-corrected chi connectivity index (χ4v) is 2.09. The van der Waals surface area contributed by atoms with Crippen LogP contribution in [0.1, 0.15) is 10.4 Å². The number of nitro groups is 1. The standard InChI is InChI=1S/C13H11NO7/c15-11-10(5-9-6-19-13(11)20-9)21-12(16)7-1-3-8(4-2-7)14(17)18/h1-5,9,11,13,15H,6H2/t9-,11+,13+/m0/s1. The highest BCUT2D eigenvalue weighted by atomic mass is 16.7. The van der Waals surface area contributed by atoms with Crippen molar-refractivity contribution in [2.75, 3.05) is 6.61 Å². The van der Waals surface area contributed by atoms with E-state index < -0.39 is 23.3 Å². The zero-order chi connectivity index (χ0) is 15.0. The number of carbonyl (C=O) groups excluding carboxylic acids is 1. The minimum absolute atomic E-state index is 0.0668. The van der Waals surface area contributed by atoms with Gasteiger partial charge in [-0.15, -0.1) is 0 Å². The average Bonchev–Trinajstić information content (AvgIpc) is 2.88. The predicted molar refractivity (Wildman–Crippen MR) is 67.2 cm³/mol. The Labute approximate surface area is 118 Å². The second-order valence-corrected chi connectivity index (χ2v) is 4.58. The number of ether oxygens (including phenoxy) is 3.